The summed E-state index contributed by atoms with van der Waals surface area (Å²) in [6, 6.07) is 28.1. The van der Waals surface area contributed by atoms with E-state index < -0.39 is 10.0 Å². The Kier molecular flexibility index (Phi) is 7.36. The van der Waals surface area contributed by atoms with E-state index in [0.29, 0.717) is 30.2 Å². The summed E-state index contributed by atoms with van der Waals surface area (Å²) in [5, 5.41) is 5.22. The molecule has 0 aliphatic rings. The lowest BCUT2D eigenvalue weighted by atomic mass is 10.0. The van der Waals surface area contributed by atoms with Gasteiger partial charge in [0, 0.05) is 12.1 Å². The summed E-state index contributed by atoms with van der Waals surface area (Å²) in [4.78, 5) is 12.8. The lowest BCUT2D eigenvalue weighted by molar-refractivity contribution is 0.0951. The second-order valence-corrected chi connectivity index (χ2v) is 10.1. The Hall–Kier alpha value is -3.84. The highest BCUT2D eigenvalue weighted by molar-refractivity contribution is 7.92. The molecule has 1 amide bonds. The van der Waals surface area contributed by atoms with Crippen LogP contribution in [0.25, 0.3) is 10.8 Å². The number of amides is 1. The Morgan fingerprint density at radius 3 is 2.31 bits per heavy atom. The molecule has 0 aliphatic heterocycles. The van der Waals surface area contributed by atoms with Gasteiger partial charge in [-0.05, 0) is 53.1 Å². The molecular formula is C28H28N2O4S. The van der Waals surface area contributed by atoms with Crippen molar-refractivity contribution in [3.8, 4) is 5.75 Å². The fourth-order valence-corrected chi connectivity index (χ4v) is 4.87. The number of hydrogen-bond acceptors (Lipinski definition) is 4. The van der Waals surface area contributed by atoms with Crippen molar-refractivity contribution >= 4 is 32.4 Å². The summed E-state index contributed by atoms with van der Waals surface area (Å²) in [6.45, 7) is 2.82. The van der Waals surface area contributed by atoms with Crippen LogP contribution in [0.3, 0.4) is 0 Å². The maximum Gasteiger partial charge on any atom is 0.251 e. The standard InChI is InChI=1S/C28H28N2O4S/c1-3-34-27-14-7-6-13-26(27)30(35(2,32)33)20-21-15-17-23(18-16-21)28(31)29-19-24-11-8-10-22-9-4-5-12-25(22)24/h4-18H,3,19-20H2,1-2H3,(H,29,31). The van der Waals surface area contributed by atoms with Crippen molar-refractivity contribution in [3.63, 3.8) is 0 Å². The normalized spacial score (nSPS) is 11.3. The first-order chi connectivity index (χ1) is 16.9. The van der Waals surface area contributed by atoms with Gasteiger partial charge in [-0.2, -0.15) is 0 Å². The predicted octanol–water partition coefficient (Wildman–Crippen LogP) is 5.13. The maximum atomic E-state index is 12.8. The zero-order chi connectivity index (χ0) is 24.8. The number of fused-ring (bicyclic) bond motifs is 1. The van der Waals surface area contributed by atoms with Gasteiger partial charge in [0.05, 0.1) is 25.1 Å². The van der Waals surface area contributed by atoms with Crippen LogP contribution in [-0.4, -0.2) is 27.2 Å². The molecule has 6 nitrogen and oxygen atoms in total. The molecule has 4 rings (SSSR count). The number of rotatable bonds is 9. The van der Waals surface area contributed by atoms with Crippen molar-refractivity contribution in [2.24, 2.45) is 0 Å². The molecule has 0 atom stereocenters. The van der Waals surface area contributed by atoms with Crippen LogP contribution in [-0.2, 0) is 23.1 Å². The minimum absolute atomic E-state index is 0.126. The average Bonchev–Trinajstić information content (AvgIpc) is 2.86. The van der Waals surface area contributed by atoms with Gasteiger partial charge in [-0.15, -0.1) is 0 Å². The van der Waals surface area contributed by atoms with Crippen molar-refractivity contribution < 1.29 is 17.9 Å². The highest BCUT2D eigenvalue weighted by Gasteiger charge is 2.21. The Morgan fingerprint density at radius 1 is 0.886 bits per heavy atom. The molecule has 4 aromatic carbocycles. The Balaban J connectivity index is 1.48. The van der Waals surface area contributed by atoms with E-state index in [0.717, 1.165) is 21.9 Å². The number of benzene rings is 4. The second kappa shape index (κ2) is 10.6. The summed E-state index contributed by atoms with van der Waals surface area (Å²) >= 11 is 0. The molecule has 0 spiro atoms. The van der Waals surface area contributed by atoms with Gasteiger partial charge in [0.2, 0.25) is 10.0 Å². The second-order valence-electron chi connectivity index (χ2n) is 8.19. The zero-order valence-corrected chi connectivity index (χ0v) is 20.6. The molecule has 4 aromatic rings. The molecular weight excluding hydrogens is 460 g/mol. The van der Waals surface area contributed by atoms with Gasteiger partial charge in [0.25, 0.3) is 5.91 Å². The van der Waals surface area contributed by atoms with Crippen molar-refractivity contribution in [2.75, 3.05) is 17.2 Å². The number of para-hydroxylation sites is 2. The molecule has 0 fully saturated rings. The van der Waals surface area contributed by atoms with E-state index in [1.807, 2.05) is 49.4 Å². The molecule has 1 N–H and O–H groups in total. The van der Waals surface area contributed by atoms with Crippen molar-refractivity contribution in [3.05, 3.63) is 108 Å². The lowest BCUT2D eigenvalue weighted by Crippen LogP contribution is -2.29. The van der Waals surface area contributed by atoms with E-state index in [-0.39, 0.29) is 12.5 Å². The third-order valence-electron chi connectivity index (χ3n) is 5.70. The Bertz CT molecular complexity index is 1430. The SMILES string of the molecule is CCOc1ccccc1N(Cc1ccc(C(=O)NCc2cccc3ccccc23)cc1)S(C)(=O)=O. The Morgan fingerprint density at radius 2 is 1.57 bits per heavy atom. The van der Waals surface area contributed by atoms with Gasteiger partial charge in [-0.25, -0.2) is 8.42 Å². The van der Waals surface area contributed by atoms with Crippen LogP contribution in [0.15, 0.2) is 91.0 Å². The van der Waals surface area contributed by atoms with Crippen LogP contribution in [0.4, 0.5) is 5.69 Å². The van der Waals surface area contributed by atoms with E-state index in [9.17, 15) is 13.2 Å². The van der Waals surface area contributed by atoms with Gasteiger partial charge < -0.3 is 10.1 Å². The van der Waals surface area contributed by atoms with Crippen LogP contribution in [0.2, 0.25) is 0 Å². The van der Waals surface area contributed by atoms with Gasteiger partial charge in [0.15, 0.2) is 0 Å². The van der Waals surface area contributed by atoms with Crippen LogP contribution >= 0.6 is 0 Å². The smallest absolute Gasteiger partial charge is 0.251 e. The van der Waals surface area contributed by atoms with E-state index in [1.165, 1.54) is 10.6 Å². The molecule has 0 aliphatic carbocycles. The summed E-state index contributed by atoms with van der Waals surface area (Å²) < 4.78 is 32.1. The first-order valence-electron chi connectivity index (χ1n) is 11.4. The number of anilines is 1. The highest BCUT2D eigenvalue weighted by atomic mass is 32.2. The minimum Gasteiger partial charge on any atom is -0.492 e. The first-order valence-corrected chi connectivity index (χ1v) is 13.2. The third kappa shape index (κ3) is 5.81. The summed E-state index contributed by atoms with van der Waals surface area (Å²) in [7, 11) is -3.57. The number of carbonyl (C=O) groups is 1. The number of sulfonamides is 1. The molecule has 0 heterocycles. The molecule has 35 heavy (non-hydrogen) atoms. The third-order valence-corrected chi connectivity index (χ3v) is 6.82. The van der Waals surface area contributed by atoms with Crippen LogP contribution < -0.4 is 14.4 Å². The number of hydrogen-bond donors (Lipinski definition) is 1. The molecule has 0 bridgehead atoms. The quantitative estimate of drug-likeness (QED) is 0.354. The fourth-order valence-electron chi connectivity index (χ4n) is 3.97. The molecule has 0 unspecified atom stereocenters. The van der Waals surface area contributed by atoms with Gasteiger partial charge in [-0.1, -0.05) is 66.7 Å². The number of ether oxygens (including phenoxy) is 1. The monoisotopic (exact) mass is 488 g/mol. The van der Waals surface area contributed by atoms with E-state index in [1.54, 1.807) is 48.5 Å². The summed E-state index contributed by atoms with van der Waals surface area (Å²) in [5.74, 6) is 0.316. The topological polar surface area (TPSA) is 75.7 Å². The molecule has 0 aromatic heterocycles. The largest absolute Gasteiger partial charge is 0.492 e. The minimum atomic E-state index is -3.57. The van der Waals surface area contributed by atoms with Gasteiger partial charge in [-0.3, -0.25) is 9.10 Å². The zero-order valence-electron chi connectivity index (χ0n) is 19.8. The van der Waals surface area contributed by atoms with Crippen LogP contribution in [0.5, 0.6) is 5.75 Å². The number of nitrogens with zero attached hydrogens (tertiary/aromatic N) is 1. The predicted molar refractivity (Wildman–Crippen MR) is 140 cm³/mol. The van der Waals surface area contributed by atoms with Crippen LogP contribution in [0, 0.1) is 0 Å². The van der Waals surface area contributed by atoms with Crippen molar-refractivity contribution in [1.82, 2.24) is 5.32 Å². The number of carbonyl (C=O) groups excluding carboxylic acids is 1. The van der Waals surface area contributed by atoms with Crippen molar-refractivity contribution in [2.45, 2.75) is 20.0 Å². The summed E-state index contributed by atoms with van der Waals surface area (Å²) in [5.41, 5.74) is 2.79. The van der Waals surface area contributed by atoms with Gasteiger partial charge in [0.1, 0.15) is 5.75 Å². The molecule has 0 saturated heterocycles. The molecule has 0 radical (unpaired) electrons. The van der Waals surface area contributed by atoms with E-state index >= 15 is 0 Å². The fraction of sp³-hybridized carbons (Fsp3) is 0.179. The highest BCUT2D eigenvalue weighted by Crippen LogP contribution is 2.31. The molecule has 180 valence electrons. The average molecular weight is 489 g/mol. The number of nitrogens with one attached hydrogen (secondary N) is 1. The van der Waals surface area contributed by atoms with Crippen LogP contribution in [0.1, 0.15) is 28.4 Å². The van der Waals surface area contributed by atoms with E-state index in [2.05, 4.69) is 5.32 Å². The van der Waals surface area contributed by atoms with Crippen molar-refractivity contribution in [1.29, 1.82) is 0 Å². The van der Waals surface area contributed by atoms with Gasteiger partial charge >= 0.3 is 0 Å². The molecule has 0 saturated carbocycles. The Labute approximate surface area is 206 Å². The first kappa shape index (κ1) is 24.3. The molecule has 7 heteroatoms. The summed E-state index contributed by atoms with van der Waals surface area (Å²) in [6.07, 6.45) is 1.17. The van der Waals surface area contributed by atoms with E-state index in [4.69, 9.17) is 4.74 Å². The maximum absolute atomic E-state index is 12.8. The lowest BCUT2D eigenvalue weighted by Gasteiger charge is -2.24.